The van der Waals surface area contributed by atoms with Gasteiger partial charge in [0.15, 0.2) is 5.84 Å². The van der Waals surface area contributed by atoms with Crippen molar-refractivity contribution in [1.82, 2.24) is 14.4 Å². The summed E-state index contributed by atoms with van der Waals surface area (Å²) in [6.07, 6.45) is 17.1. The number of nitrogens with one attached hydrogen (secondary N) is 1. The van der Waals surface area contributed by atoms with Gasteiger partial charge in [-0.15, -0.1) is 0 Å². The third-order valence-corrected chi connectivity index (χ3v) is 5.84. The first-order valence-corrected chi connectivity index (χ1v) is 11.0. The van der Waals surface area contributed by atoms with Crippen LogP contribution >= 0.6 is 11.9 Å². The van der Waals surface area contributed by atoms with E-state index >= 15 is 0 Å². The van der Waals surface area contributed by atoms with Crippen LogP contribution in [0.1, 0.15) is 36.7 Å². The zero-order valence-electron chi connectivity index (χ0n) is 17.3. The molecule has 1 atom stereocenters. The molecule has 0 spiro atoms. The highest BCUT2D eigenvalue weighted by atomic mass is 32.2. The molecule has 0 amide bonds. The number of hydrogen-bond acceptors (Lipinski definition) is 5. The Kier molecular flexibility index (Phi) is 7.47. The first-order valence-electron chi connectivity index (χ1n) is 9.87. The summed E-state index contributed by atoms with van der Waals surface area (Å²) in [4.78, 5) is 4.54. The van der Waals surface area contributed by atoms with Crippen LogP contribution in [0, 0.1) is 18.3 Å². The summed E-state index contributed by atoms with van der Waals surface area (Å²) in [6, 6.07) is 5.97. The van der Waals surface area contributed by atoms with E-state index < -0.39 is 0 Å². The Morgan fingerprint density at radius 1 is 1.34 bits per heavy atom. The summed E-state index contributed by atoms with van der Waals surface area (Å²) in [5.41, 5.74) is 5.47. The van der Waals surface area contributed by atoms with Crippen LogP contribution in [0.3, 0.4) is 0 Å². The maximum absolute atomic E-state index is 8.47. The molecule has 0 radical (unpaired) electrons. The van der Waals surface area contributed by atoms with Gasteiger partial charge in [-0.25, -0.2) is 0 Å². The number of allylic oxidation sites excluding steroid dienone is 4. The van der Waals surface area contributed by atoms with Gasteiger partial charge in [0.25, 0.3) is 0 Å². The van der Waals surface area contributed by atoms with E-state index in [9.17, 15) is 0 Å². The van der Waals surface area contributed by atoms with Crippen molar-refractivity contribution in [1.29, 1.82) is 5.41 Å². The average Bonchev–Trinajstić information content (AvgIpc) is 3.17. The van der Waals surface area contributed by atoms with E-state index in [0.29, 0.717) is 24.0 Å². The summed E-state index contributed by atoms with van der Waals surface area (Å²) in [6.45, 7) is 5.00. The molecule has 2 aromatic rings. The molecule has 0 saturated carbocycles. The Balaban J connectivity index is 1.70. The predicted molar refractivity (Wildman–Crippen MR) is 120 cm³/mol. The summed E-state index contributed by atoms with van der Waals surface area (Å²) < 4.78 is 6.87. The molecule has 0 fully saturated rings. The highest BCUT2D eigenvalue weighted by Gasteiger charge is 2.20. The largest absolute Gasteiger partial charge is 0.364 e. The minimum Gasteiger partial charge on any atom is -0.364 e. The van der Waals surface area contributed by atoms with E-state index in [1.807, 2.05) is 16.8 Å². The van der Waals surface area contributed by atoms with Gasteiger partial charge in [-0.05, 0) is 54.9 Å². The van der Waals surface area contributed by atoms with Gasteiger partial charge in [-0.2, -0.15) is 0 Å². The Hall–Kier alpha value is -2.60. The van der Waals surface area contributed by atoms with Gasteiger partial charge in [-0.1, -0.05) is 54.4 Å². The number of rotatable bonds is 8. The third kappa shape index (κ3) is 5.70. The Bertz CT molecular complexity index is 897. The molecular formula is C23H28N4OS. The lowest BCUT2D eigenvalue weighted by Gasteiger charge is -2.26. The van der Waals surface area contributed by atoms with Crippen LogP contribution in [-0.2, 0) is 6.42 Å². The first-order chi connectivity index (χ1) is 14.1. The number of nitrogens with zero attached hydrogens (tertiary/aromatic N) is 3. The highest BCUT2D eigenvalue weighted by Crippen LogP contribution is 2.28. The number of aryl methyl sites for hydroxylation is 2. The molecule has 1 aliphatic rings. The van der Waals surface area contributed by atoms with Crippen molar-refractivity contribution < 1.29 is 4.52 Å². The van der Waals surface area contributed by atoms with Gasteiger partial charge in [0.05, 0.1) is 6.54 Å². The molecule has 1 N–H and O–H groups in total. The average molecular weight is 409 g/mol. The van der Waals surface area contributed by atoms with Crippen LogP contribution in [0.5, 0.6) is 0 Å². The highest BCUT2D eigenvalue weighted by molar-refractivity contribution is 7.96. The van der Waals surface area contributed by atoms with Crippen LogP contribution in [0.25, 0.3) is 0 Å². The fourth-order valence-corrected chi connectivity index (χ4v) is 3.88. The van der Waals surface area contributed by atoms with Gasteiger partial charge in [0.2, 0.25) is 0 Å². The zero-order valence-corrected chi connectivity index (χ0v) is 18.1. The van der Waals surface area contributed by atoms with E-state index in [1.165, 1.54) is 34.9 Å². The quantitative estimate of drug-likeness (QED) is 0.362. The summed E-state index contributed by atoms with van der Waals surface area (Å²) in [7, 11) is 0. The lowest BCUT2D eigenvalue weighted by Crippen LogP contribution is -2.27. The molecule has 0 bridgehead atoms. The van der Waals surface area contributed by atoms with E-state index in [-0.39, 0.29) is 0 Å². The number of hydrogen-bond donors (Lipinski definition) is 1. The van der Waals surface area contributed by atoms with Crippen LogP contribution in [0.4, 0.5) is 0 Å². The summed E-state index contributed by atoms with van der Waals surface area (Å²) in [5, 5.41) is 12.4. The van der Waals surface area contributed by atoms with Crippen molar-refractivity contribution in [2.24, 2.45) is 5.92 Å². The Morgan fingerprint density at radius 2 is 2.21 bits per heavy atom. The molecule has 0 aromatic carbocycles. The van der Waals surface area contributed by atoms with Gasteiger partial charge in [0, 0.05) is 24.2 Å². The molecule has 2 aromatic heterocycles. The molecule has 29 heavy (non-hydrogen) atoms. The normalized spacial score (nSPS) is 14.7. The molecule has 2 heterocycles. The zero-order chi connectivity index (χ0) is 20.6. The van der Waals surface area contributed by atoms with Gasteiger partial charge >= 0.3 is 0 Å². The number of pyridine rings is 1. The predicted octanol–water partition coefficient (Wildman–Crippen LogP) is 5.36. The second kappa shape index (κ2) is 10.3. The third-order valence-electron chi connectivity index (χ3n) is 5.08. The SMILES string of the molecule is CSN(CC1=CCC=CC=C1C(C)CCc1ccc(C)cn1)C(=N)c1ccon1. The fourth-order valence-electron chi connectivity index (χ4n) is 3.34. The van der Waals surface area contributed by atoms with E-state index in [2.05, 4.69) is 60.4 Å². The second-order valence-electron chi connectivity index (χ2n) is 7.23. The van der Waals surface area contributed by atoms with Crippen LogP contribution in [-0.4, -0.2) is 33.1 Å². The molecular weight excluding hydrogens is 380 g/mol. The number of amidine groups is 1. The summed E-state index contributed by atoms with van der Waals surface area (Å²) >= 11 is 1.53. The standard InChI is InChI=1S/C23H28N4OS/c1-17-9-11-20(25-15-17)12-10-18(2)21-8-6-4-5-7-19(21)16-27(29-3)23(24)22-13-14-28-26-22/h4,6-9,11,13-15,18,24H,5,10,12,16H2,1-3H3. The van der Waals surface area contributed by atoms with E-state index in [1.54, 1.807) is 6.07 Å². The molecule has 1 aliphatic carbocycles. The maximum atomic E-state index is 8.47. The van der Waals surface area contributed by atoms with E-state index in [0.717, 1.165) is 25.0 Å². The van der Waals surface area contributed by atoms with Gasteiger partial charge < -0.3 is 4.52 Å². The monoisotopic (exact) mass is 408 g/mol. The minimum absolute atomic E-state index is 0.361. The van der Waals surface area contributed by atoms with Gasteiger partial charge in [-0.3, -0.25) is 14.7 Å². The van der Waals surface area contributed by atoms with Crippen molar-refractivity contribution in [3.05, 3.63) is 83.1 Å². The van der Waals surface area contributed by atoms with Crippen molar-refractivity contribution >= 4 is 17.8 Å². The molecule has 3 rings (SSSR count). The fraction of sp³-hybridized carbons (Fsp3) is 0.348. The van der Waals surface area contributed by atoms with Crippen molar-refractivity contribution in [3.63, 3.8) is 0 Å². The molecule has 6 heteroatoms. The molecule has 1 unspecified atom stereocenters. The number of aromatic nitrogens is 2. The van der Waals surface area contributed by atoms with Crippen LogP contribution < -0.4 is 0 Å². The molecule has 0 saturated heterocycles. The van der Waals surface area contributed by atoms with Crippen LogP contribution in [0.2, 0.25) is 0 Å². The molecule has 5 nitrogen and oxygen atoms in total. The second-order valence-corrected chi connectivity index (χ2v) is 8.04. The smallest absolute Gasteiger partial charge is 0.161 e. The lowest BCUT2D eigenvalue weighted by atomic mass is 9.89. The van der Waals surface area contributed by atoms with Crippen molar-refractivity contribution in [3.8, 4) is 0 Å². The van der Waals surface area contributed by atoms with Crippen LogP contribution in [0.15, 0.2) is 70.6 Å². The first kappa shape index (κ1) is 21.1. The van der Waals surface area contributed by atoms with E-state index in [4.69, 9.17) is 9.93 Å². The van der Waals surface area contributed by atoms with Gasteiger partial charge in [0.1, 0.15) is 12.0 Å². The molecule has 152 valence electrons. The Labute approximate surface area is 177 Å². The maximum Gasteiger partial charge on any atom is 0.161 e. The lowest BCUT2D eigenvalue weighted by molar-refractivity contribution is 0.417. The Morgan fingerprint density at radius 3 is 2.90 bits per heavy atom. The van der Waals surface area contributed by atoms with Crippen molar-refractivity contribution in [2.45, 2.75) is 33.1 Å². The minimum atomic E-state index is 0.361. The van der Waals surface area contributed by atoms with Crippen molar-refractivity contribution in [2.75, 3.05) is 12.8 Å². The summed E-state index contributed by atoms with van der Waals surface area (Å²) in [5.74, 6) is 0.761. The topological polar surface area (TPSA) is 66.0 Å². The molecule has 0 aliphatic heterocycles.